The van der Waals surface area contributed by atoms with Gasteiger partial charge in [0.2, 0.25) is 0 Å². The van der Waals surface area contributed by atoms with Crippen molar-refractivity contribution in [2.75, 3.05) is 6.61 Å². The van der Waals surface area contributed by atoms with Gasteiger partial charge in [0.05, 0.1) is 12.0 Å². The molecule has 0 fully saturated rings. The third kappa shape index (κ3) is 2.80. The predicted octanol–water partition coefficient (Wildman–Crippen LogP) is 5.10. The zero-order valence-corrected chi connectivity index (χ0v) is 12.7. The van der Waals surface area contributed by atoms with Crippen molar-refractivity contribution < 1.29 is 4.74 Å². The van der Waals surface area contributed by atoms with Gasteiger partial charge in [-0.05, 0) is 47.7 Å². The molecule has 0 amide bonds. The van der Waals surface area contributed by atoms with Crippen LogP contribution in [-0.4, -0.2) is 6.61 Å². The smallest absolute Gasteiger partial charge is 0.122 e. The van der Waals surface area contributed by atoms with Crippen molar-refractivity contribution in [2.45, 2.75) is 18.2 Å². The molecule has 3 rings (SSSR count). The van der Waals surface area contributed by atoms with E-state index in [0.717, 1.165) is 40.8 Å². The van der Waals surface area contributed by atoms with E-state index in [1.807, 2.05) is 18.2 Å². The van der Waals surface area contributed by atoms with Crippen LogP contribution in [0.5, 0.6) is 5.75 Å². The van der Waals surface area contributed by atoms with E-state index in [1.54, 1.807) is 0 Å². The molecule has 1 atom stereocenters. The average molecular weight is 338 g/mol. The van der Waals surface area contributed by atoms with Crippen molar-refractivity contribution in [3.8, 4) is 5.75 Å². The number of hydrogen-bond donors (Lipinski definition) is 0. The van der Waals surface area contributed by atoms with Crippen LogP contribution in [0.2, 0.25) is 0 Å². The first-order valence-corrected chi connectivity index (χ1v) is 7.62. The highest BCUT2D eigenvalue weighted by atomic mass is 79.9. The van der Waals surface area contributed by atoms with Crippen LogP contribution < -0.4 is 4.74 Å². The minimum absolute atomic E-state index is 0.121. The third-order valence-electron chi connectivity index (χ3n) is 3.37. The minimum Gasteiger partial charge on any atom is -0.493 e. The molecule has 0 bridgehead atoms. The Hall–Kier alpha value is -0.990. The molecule has 2 aromatic carbocycles. The lowest BCUT2D eigenvalue weighted by molar-refractivity contribution is 0.288. The highest BCUT2D eigenvalue weighted by Crippen LogP contribution is 2.34. The highest BCUT2D eigenvalue weighted by Gasteiger charge is 2.15. The molecule has 0 radical (unpaired) electrons. The Morgan fingerprint density at radius 2 is 1.95 bits per heavy atom. The Balaban J connectivity index is 1.93. The van der Waals surface area contributed by atoms with Gasteiger partial charge in [-0.15, -0.1) is 11.6 Å². The van der Waals surface area contributed by atoms with Crippen molar-refractivity contribution in [3.63, 3.8) is 0 Å². The fraction of sp³-hybridized carbons (Fsp3) is 0.250. The maximum atomic E-state index is 6.58. The van der Waals surface area contributed by atoms with Crippen LogP contribution in [0.1, 0.15) is 28.5 Å². The van der Waals surface area contributed by atoms with Crippen molar-refractivity contribution in [1.29, 1.82) is 0 Å². The molecule has 0 saturated carbocycles. The Labute approximate surface area is 126 Å². The Morgan fingerprint density at radius 1 is 1.11 bits per heavy atom. The van der Waals surface area contributed by atoms with Crippen molar-refractivity contribution in [1.82, 2.24) is 0 Å². The lowest BCUT2D eigenvalue weighted by Gasteiger charge is -2.19. The molecule has 1 heterocycles. The first kappa shape index (κ1) is 13.0. The first-order valence-electron chi connectivity index (χ1n) is 6.39. The summed E-state index contributed by atoms with van der Waals surface area (Å²) in [6, 6.07) is 14.4. The molecule has 19 heavy (non-hydrogen) atoms. The summed E-state index contributed by atoms with van der Waals surface area (Å²) in [5, 5.41) is -0.121. The van der Waals surface area contributed by atoms with Crippen molar-refractivity contribution in [3.05, 3.63) is 63.6 Å². The van der Waals surface area contributed by atoms with Crippen LogP contribution in [0.15, 0.2) is 46.9 Å². The van der Waals surface area contributed by atoms with Crippen LogP contribution in [0.4, 0.5) is 0 Å². The van der Waals surface area contributed by atoms with Gasteiger partial charge in [-0.3, -0.25) is 0 Å². The van der Waals surface area contributed by atoms with Crippen LogP contribution in [0.25, 0.3) is 0 Å². The van der Waals surface area contributed by atoms with E-state index >= 15 is 0 Å². The normalized spacial score (nSPS) is 15.5. The summed E-state index contributed by atoms with van der Waals surface area (Å²) in [6.45, 7) is 0.822. The Morgan fingerprint density at radius 3 is 2.79 bits per heavy atom. The summed E-state index contributed by atoms with van der Waals surface area (Å²) in [6.07, 6.45) is 2.16. The summed E-state index contributed by atoms with van der Waals surface area (Å²) >= 11 is 10.1. The molecule has 0 spiro atoms. The van der Waals surface area contributed by atoms with E-state index in [1.165, 1.54) is 5.56 Å². The number of hydrogen-bond acceptors (Lipinski definition) is 1. The molecule has 1 aliphatic heterocycles. The predicted molar refractivity (Wildman–Crippen MR) is 82.1 cm³/mol. The second-order valence-electron chi connectivity index (χ2n) is 4.74. The van der Waals surface area contributed by atoms with E-state index in [2.05, 4.69) is 40.2 Å². The topological polar surface area (TPSA) is 9.23 Å². The van der Waals surface area contributed by atoms with E-state index in [-0.39, 0.29) is 5.38 Å². The molecule has 1 aliphatic rings. The van der Waals surface area contributed by atoms with Gasteiger partial charge < -0.3 is 4.74 Å². The number of ether oxygens (including phenoxy) is 1. The van der Waals surface area contributed by atoms with Gasteiger partial charge in [0.25, 0.3) is 0 Å². The second-order valence-corrected chi connectivity index (χ2v) is 6.09. The van der Waals surface area contributed by atoms with Crippen molar-refractivity contribution in [2.24, 2.45) is 0 Å². The number of rotatable bonds is 2. The largest absolute Gasteiger partial charge is 0.493 e. The average Bonchev–Trinajstić information content (AvgIpc) is 2.46. The molecule has 0 saturated heterocycles. The van der Waals surface area contributed by atoms with Gasteiger partial charge in [0.15, 0.2) is 0 Å². The molecule has 1 unspecified atom stereocenters. The van der Waals surface area contributed by atoms with E-state index < -0.39 is 0 Å². The summed E-state index contributed by atoms with van der Waals surface area (Å²) in [7, 11) is 0. The quantitative estimate of drug-likeness (QED) is 0.693. The lowest BCUT2D eigenvalue weighted by Crippen LogP contribution is -2.08. The van der Waals surface area contributed by atoms with Crippen LogP contribution >= 0.6 is 27.5 Å². The van der Waals surface area contributed by atoms with E-state index in [4.69, 9.17) is 16.3 Å². The molecular weight excluding hydrogens is 324 g/mol. The van der Waals surface area contributed by atoms with E-state index in [0.29, 0.717) is 0 Å². The van der Waals surface area contributed by atoms with Gasteiger partial charge >= 0.3 is 0 Å². The SMILES string of the molecule is ClC(c1cccc(Br)c1)c1ccc2c(c1)CCCO2. The van der Waals surface area contributed by atoms with Crippen LogP contribution in [0.3, 0.4) is 0 Å². The van der Waals surface area contributed by atoms with Gasteiger partial charge in [-0.25, -0.2) is 0 Å². The first-order chi connectivity index (χ1) is 9.24. The maximum absolute atomic E-state index is 6.58. The van der Waals surface area contributed by atoms with Crippen LogP contribution in [0, 0.1) is 0 Å². The monoisotopic (exact) mass is 336 g/mol. The summed E-state index contributed by atoms with van der Waals surface area (Å²) in [4.78, 5) is 0. The molecule has 3 heteroatoms. The fourth-order valence-electron chi connectivity index (χ4n) is 2.39. The minimum atomic E-state index is -0.121. The number of alkyl halides is 1. The lowest BCUT2D eigenvalue weighted by atomic mass is 9.99. The third-order valence-corrected chi connectivity index (χ3v) is 4.36. The highest BCUT2D eigenvalue weighted by molar-refractivity contribution is 9.10. The molecule has 0 N–H and O–H groups in total. The fourth-order valence-corrected chi connectivity index (χ4v) is 3.08. The number of fused-ring (bicyclic) bond motifs is 1. The zero-order chi connectivity index (χ0) is 13.2. The molecule has 1 nitrogen and oxygen atoms in total. The second kappa shape index (κ2) is 5.56. The molecule has 98 valence electrons. The van der Waals surface area contributed by atoms with E-state index in [9.17, 15) is 0 Å². The molecule has 0 aromatic heterocycles. The van der Waals surface area contributed by atoms with Gasteiger partial charge in [0, 0.05) is 4.47 Å². The number of aryl methyl sites for hydroxylation is 1. The summed E-state index contributed by atoms with van der Waals surface area (Å²) < 4.78 is 6.69. The van der Waals surface area contributed by atoms with Gasteiger partial charge in [-0.2, -0.15) is 0 Å². The van der Waals surface area contributed by atoms with Gasteiger partial charge in [-0.1, -0.05) is 40.2 Å². The Kier molecular flexibility index (Phi) is 3.81. The summed E-state index contributed by atoms with van der Waals surface area (Å²) in [5.41, 5.74) is 3.50. The number of benzene rings is 2. The van der Waals surface area contributed by atoms with Gasteiger partial charge in [0.1, 0.15) is 5.75 Å². The van der Waals surface area contributed by atoms with Crippen LogP contribution in [-0.2, 0) is 6.42 Å². The standard InChI is InChI=1S/C16H14BrClO/c17-14-5-1-3-12(10-14)16(18)13-6-7-15-11(9-13)4-2-8-19-15/h1,3,5-7,9-10,16H,2,4,8H2. The van der Waals surface area contributed by atoms with Crippen molar-refractivity contribution >= 4 is 27.5 Å². The maximum Gasteiger partial charge on any atom is 0.122 e. The Bertz CT molecular complexity index is 597. The molecular formula is C16H14BrClO. The molecule has 2 aromatic rings. The number of halogens is 2. The summed E-state index contributed by atoms with van der Waals surface area (Å²) in [5.74, 6) is 1.01. The molecule has 0 aliphatic carbocycles. The zero-order valence-electron chi connectivity index (χ0n) is 10.4.